The van der Waals surface area contributed by atoms with Gasteiger partial charge in [-0.15, -0.1) is 13.2 Å². The number of hydrogen-bond donors (Lipinski definition) is 0. The Morgan fingerprint density at radius 3 is 2.84 bits per heavy atom. The molecule has 1 heterocycles. The van der Waals surface area contributed by atoms with Crippen molar-refractivity contribution in [1.29, 1.82) is 0 Å². The van der Waals surface area contributed by atoms with Crippen molar-refractivity contribution in [3.8, 4) is 0 Å². The molecule has 9 nitrogen and oxygen atoms in total. The quantitative estimate of drug-likeness (QED) is 0.334. The normalized spacial score (nSPS) is 33.7. The van der Waals surface area contributed by atoms with Gasteiger partial charge in [0.2, 0.25) is 5.69 Å². The number of allylic oxidation sites excluding steroid dienone is 1. The minimum absolute atomic E-state index is 0.155. The summed E-state index contributed by atoms with van der Waals surface area (Å²) < 4.78 is 57.5. The average molecular weight is 379 g/mol. The molecule has 1 aromatic heterocycles. The predicted octanol–water partition coefficient (Wildman–Crippen LogP) is 1.16. The van der Waals surface area contributed by atoms with Gasteiger partial charge in [0.05, 0.1) is 16.7 Å². The maximum absolute atomic E-state index is 12.5. The maximum Gasteiger partial charge on any atom is 0.535 e. The van der Waals surface area contributed by atoms with Gasteiger partial charge in [0.1, 0.15) is 0 Å². The molecule has 3 aliphatic rings. The Balaban J connectivity index is 1.93. The molecule has 0 amide bonds. The first kappa shape index (κ1) is 16.2. The lowest BCUT2D eigenvalue weighted by Crippen LogP contribution is -2.50. The smallest absolute Gasteiger partial charge is 0.359 e. The summed E-state index contributed by atoms with van der Waals surface area (Å²) in [7, 11) is 0. The van der Waals surface area contributed by atoms with E-state index >= 15 is 0 Å². The van der Waals surface area contributed by atoms with Crippen LogP contribution in [0.2, 0.25) is 0 Å². The molecular formula is C12H8F3N3O6S. The molecule has 0 aliphatic heterocycles. The second-order valence-corrected chi connectivity index (χ2v) is 7.03. The van der Waals surface area contributed by atoms with Gasteiger partial charge >= 0.3 is 17.6 Å². The van der Waals surface area contributed by atoms with E-state index in [9.17, 15) is 32.7 Å². The SMILES string of the molecule is O=[N+]([O-])[C@@]12c3no[n+]([O-])c3C=C(S(=O)OC(F)(F)F)[C@@H]1[C@H]1C=C[C@@H]2C1. The van der Waals surface area contributed by atoms with Gasteiger partial charge in [0.25, 0.3) is 0 Å². The van der Waals surface area contributed by atoms with Crippen LogP contribution in [0.15, 0.2) is 21.7 Å². The number of aromatic nitrogens is 2. The zero-order valence-corrected chi connectivity index (χ0v) is 12.8. The first-order valence-corrected chi connectivity index (χ1v) is 8.06. The fourth-order valence-corrected chi connectivity index (χ4v) is 5.15. The van der Waals surface area contributed by atoms with Crippen LogP contribution in [-0.2, 0) is 20.8 Å². The number of nitro groups is 1. The van der Waals surface area contributed by atoms with Crippen LogP contribution in [0.25, 0.3) is 6.08 Å². The second-order valence-electron chi connectivity index (χ2n) is 5.93. The third kappa shape index (κ3) is 2.02. The molecule has 25 heavy (non-hydrogen) atoms. The van der Waals surface area contributed by atoms with Gasteiger partial charge in [-0.2, -0.15) is 4.18 Å². The second kappa shape index (κ2) is 4.88. The summed E-state index contributed by atoms with van der Waals surface area (Å²) in [6.45, 7) is 0. The van der Waals surface area contributed by atoms with Crippen LogP contribution in [0.4, 0.5) is 13.2 Å². The Morgan fingerprint density at radius 1 is 1.48 bits per heavy atom. The van der Waals surface area contributed by atoms with Crippen LogP contribution >= 0.6 is 0 Å². The first-order valence-electron chi connectivity index (χ1n) is 6.99. The molecule has 0 aromatic carbocycles. The average Bonchev–Trinajstić information content (AvgIpc) is 3.18. The standard InChI is InChI=1S/C12H8F3N3O6S/c13-12(14,15)23-25(22)8-4-7-10(16-24-17(7)19)11(18(20)21)6-2-1-5(3-6)9(8)11/h1-2,4-6,9H,3H2/t5-,6+,9-,11+,25?/m0/s1. The van der Waals surface area contributed by atoms with E-state index in [-0.39, 0.29) is 17.0 Å². The van der Waals surface area contributed by atoms with Crippen LogP contribution < -0.4 is 4.90 Å². The molecule has 0 spiro atoms. The van der Waals surface area contributed by atoms with Gasteiger partial charge < -0.3 is 5.21 Å². The molecule has 1 unspecified atom stereocenters. The van der Waals surface area contributed by atoms with Crippen molar-refractivity contribution < 1.29 is 36.0 Å². The van der Waals surface area contributed by atoms with Crippen LogP contribution in [0, 0.1) is 33.1 Å². The number of alkyl halides is 3. The zero-order chi connectivity index (χ0) is 18.1. The van der Waals surface area contributed by atoms with E-state index in [2.05, 4.69) is 14.0 Å². The molecule has 1 fully saturated rings. The van der Waals surface area contributed by atoms with Crippen molar-refractivity contribution in [3.05, 3.63) is 43.8 Å². The summed E-state index contributed by atoms with van der Waals surface area (Å²) in [6, 6.07) is 0. The highest BCUT2D eigenvalue weighted by molar-refractivity contribution is 7.84. The molecule has 5 atom stereocenters. The lowest BCUT2D eigenvalue weighted by Gasteiger charge is -2.33. The number of halogens is 3. The molecule has 1 aromatic rings. The predicted molar refractivity (Wildman–Crippen MR) is 71.6 cm³/mol. The Morgan fingerprint density at radius 2 is 2.20 bits per heavy atom. The largest absolute Gasteiger partial charge is 0.535 e. The molecule has 2 bridgehead atoms. The van der Waals surface area contributed by atoms with E-state index in [0.29, 0.717) is 0 Å². The molecule has 3 aliphatic carbocycles. The van der Waals surface area contributed by atoms with Crippen LogP contribution in [-0.4, -0.2) is 20.7 Å². The third-order valence-electron chi connectivity index (χ3n) is 4.86. The van der Waals surface area contributed by atoms with Crippen molar-refractivity contribution >= 4 is 17.2 Å². The maximum atomic E-state index is 12.5. The highest BCUT2D eigenvalue weighted by Gasteiger charge is 2.74. The van der Waals surface area contributed by atoms with Gasteiger partial charge in [-0.25, -0.2) is 4.21 Å². The van der Waals surface area contributed by atoms with Gasteiger partial charge in [0.15, 0.2) is 11.1 Å². The third-order valence-corrected chi connectivity index (χ3v) is 5.96. The fraction of sp³-hybridized carbons (Fsp3) is 0.500. The lowest BCUT2D eigenvalue weighted by atomic mass is 9.70. The summed E-state index contributed by atoms with van der Waals surface area (Å²) in [5, 5.41) is 27.2. The van der Waals surface area contributed by atoms with E-state index in [1.165, 1.54) is 0 Å². The summed E-state index contributed by atoms with van der Waals surface area (Å²) in [6.07, 6.45) is -0.877. The zero-order valence-electron chi connectivity index (χ0n) is 12.0. The van der Waals surface area contributed by atoms with Crippen LogP contribution in [0.1, 0.15) is 17.8 Å². The van der Waals surface area contributed by atoms with Gasteiger partial charge in [-0.05, 0) is 17.2 Å². The molecule has 134 valence electrons. The number of nitrogens with zero attached hydrogens (tertiary/aromatic N) is 3. The highest BCUT2D eigenvalue weighted by atomic mass is 32.2. The summed E-state index contributed by atoms with van der Waals surface area (Å²) in [4.78, 5) is 10.6. The molecule has 13 heteroatoms. The monoisotopic (exact) mass is 379 g/mol. The highest BCUT2D eigenvalue weighted by Crippen LogP contribution is 2.62. The van der Waals surface area contributed by atoms with E-state index in [4.69, 9.17) is 0 Å². The summed E-state index contributed by atoms with van der Waals surface area (Å²) in [5.41, 5.74) is -2.73. The first-order chi connectivity index (χ1) is 11.7. The molecule has 0 saturated heterocycles. The molecule has 0 N–H and O–H groups in total. The van der Waals surface area contributed by atoms with Crippen molar-refractivity contribution in [2.75, 3.05) is 0 Å². The Kier molecular flexibility index (Phi) is 3.16. The van der Waals surface area contributed by atoms with Crippen molar-refractivity contribution in [2.24, 2.45) is 17.8 Å². The lowest BCUT2D eigenvalue weighted by molar-refractivity contribution is -0.803. The van der Waals surface area contributed by atoms with Crippen LogP contribution in [0.3, 0.4) is 0 Å². The fourth-order valence-electron chi connectivity index (χ4n) is 4.11. The van der Waals surface area contributed by atoms with Crippen molar-refractivity contribution in [2.45, 2.75) is 18.3 Å². The number of hydrogen-bond acceptors (Lipinski definition) is 7. The van der Waals surface area contributed by atoms with E-state index < -0.39 is 56.3 Å². The topological polar surface area (TPSA) is 122 Å². The number of rotatable bonds is 3. The molecular weight excluding hydrogens is 371 g/mol. The molecule has 4 rings (SSSR count). The van der Waals surface area contributed by atoms with Crippen molar-refractivity contribution in [3.63, 3.8) is 0 Å². The number of fused-ring (bicyclic) bond motifs is 7. The van der Waals surface area contributed by atoms with Gasteiger partial charge in [0, 0.05) is 16.2 Å². The summed E-state index contributed by atoms with van der Waals surface area (Å²) >= 11 is -3.05. The van der Waals surface area contributed by atoms with Crippen molar-refractivity contribution in [1.82, 2.24) is 5.16 Å². The van der Waals surface area contributed by atoms with E-state index in [1.54, 1.807) is 12.2 Å². The Labute approximate surface area is 139 Å². The minimum Gasteiger partial charge on any atom is -0.359 e. The van der Waals surface area contributed by atoms with Gasteiger partial charge in [-0.3, -0.25) is 14.7 Å². The van der Waals surface area contributed by atoms with E-state index in [1.807, 2.05) is 0 Å². The van der Waals surface area contributed by atoms with E-state index in [0.717, 1.165) is 6.08 Å². The minimum atomic E-state index is -5.21. The Hall–Kier alpha value is -2.28. The molecule has 0 radical (unpaired) electrons. The van der Waals surface area contributed by atoms with Gasteiger partial charge in [-0.1, -0.05) is 12.2 Å². The Bertz CT molecular complexity index is 865. The summed E-state index contributed by atoms with van der Waals surface area (Å²) in [5.74, 6) is -2.42. The molecule has 1 saturated carbocycles. The van der Waals surface area contributed by atoms with Crippen LogP contribution in [0.5, 0.6) is 0 Å².